The summed E-state index contributed by atoms with van der Waals surface area (Å²) in [6.45, 7) is 2.16. The molecule has 108 valence electrons. The molecule has 0 spiro atoms. The second-order valence-corrected chi connectivity index (χ2v) is 7.17. The standard InChI is InChI=1S/C18H19NS2/c1-2-17(19)18(15-9-10-20-12-15)21-16-8-7-13-5-3-4-6-14(13)11-16/h3-12,17-18H,2,19H2,1H3. The van der Waals surface area contributed by atoms with Gasteiger partial charge in [0.25, 0.3) is 0 Å². The molecule has 0 aliphatic carbocycles. The fourth-order valence-electron chi connectivity index (χ4n) is 2.44. The third-order valence-corrected chi connectivity index (χ3v) is 5.82. The number of rotatable bonds is 5. The van der Waals surface area contributed by atoms with Crippen molar-refractivity contribution in [3.8, 4) is 0 Å². The quantitative estimate of drug-likeness (QED) is 0.632. The molecule has 1 aromatic heterocycles. The predicted molar refractivity (Wildman–Crippen MR) is 95.1 cm³/mol. The van der Waals surface area contributed by atoms with Gasteiger partial charge in [-0.2, -0.15) is 11.3 Å². The molecule has 0 aliphatic heterocycles. The van der Waals surface area contributed by atoms with Crippen LogP contribution in [0.25, 0.3) is 10.8 Å². The van der Waals surface area contributed by atoms with E-state index in [1.54, 1.807) is 11.3 Å². The zero-order chi connectivity index (χ0) is 14.7. The molecular weight excluding hydrogens is 294 g/mol. The van der Waals surface area contributed by atoms with Gasteiger partial charge in [-0.1, -0.05) is 37.3 Å². The number of fused-ring (bicyclic) bond motifs is 1. The van der Waals surface area contributed by atoms with Crippen LogP contribution in [0, 0.1) is 0 Å². The molecule has 1 heterocycles. The van der Waals surface area contributed by atoms with E-state index in [2.05, 4.69) is 66.2 Å². The van der Waals surface area contributed by atoms with E-state index in [0.717, 1.165) is 6.42 Å². The van der Waals surface area contributed by atoms with Crippen LogP contribution in [-0.4, -0.2) is 6.04 Å². The molecule has 3 heteroatoms. The molecule has 3 aromatic rings. The van der Waals surface area contributed by atoms with Gasteiger partial charge in [-0.25, -0.2) is 0 Å². The number of thiophene rings is 1. The number of benzene rings is 2. The highest BCUT2D eigenvalue weighted by Gasteiger charge is 2.20. The summed E-state index contributed by atoms with van der Waals surface area (Å²) in [6, 6.07) is 17.5. The van der Waals surface area contributed by atoms with Gasteiger partial charge in [0.15, 0.2) is 0 Å². The summed E-state index contributed by atoms with van der Waals surface area (Å²) in [7, 11) is 0. The van der Waals surface area contributed by atoms with E-state index >= 15 is 0 Å². The highest BCUT2D eigenvalue weighted by molar-refractivity contribution is 7.99. The van der Waals surface area contributed by atoms with Crippen LogP contribution in [0.4, 0.5) is 0 Å². The summed E-state index contributed by atoms with van der Waals surface area (Å²) >= 11 is 3.62. The Morgan fingerprint density at radius 2 is 1.90 bits per heavy atom. The largest absolute Gasteiger partial charge is 0.326 e. The van der Waals surface area contributed by atoms with Crippen LogP contribution in [0.5, 0.6) is 0 Å². The maximum atomic E-state index is 6.35. The Morgan fingerprint density at radius 1 is 1.10 bits per heavy atom. The molecule has 0 bridgehead atoms. The van der Waals surface area contributed by atoms with Crippen LogP contribution in [0.2, 0.25) is 0 Å². The van der Waals surface area contributed by atoms with Crippen molar-refractivity contribution in [2.24, 2.45) is 5.73 Å². The normalized spacial score (nSPS) is 14.2. The fourth-order valence-corrected chi connectivity index (χ4v) is 4.51. The first-order chi connectivity index (χ1) is 10.3. The first kappa shape index (κ1) is 14.6. The average Bonchev–Trinajstić information content (AvgIpc) is 3.06. The van der Waals surface area contributed by atoms with E-state index in [1.807, 2.05) is 11.8 Å². The highest BCUT2D eigenvalue weighted by atomic mass is 32.2. The van der Waals surface area contributed by atoms with Gasteiger partial charge < -0.3 is 5.73 Å². The Bertz CT molecular complexity index is 706. The monoisotopic (exact) mass is 313 g/mol. The molecule has 0 radical (unpaired) electrons. The minimum absolute atomic E-state index is 0.177. The number of thioether (sulfide) groups is 1. The molecule has 0 saturated carbocycles. The molecule has 3 rings (SSSR count). The summed E-state index contributed by atoms with van der Waals surface area (Å²) in [5.41, 5.74) is 7.69. The molecule has 21 heavy (non-hydrogen) atoms. The summed E-state index contributed by atoms with van der Waals surface area (Å²) in [5, 5.41) is 7.24. The van der Waals surface area contributed by atoms with Crippen molar-refractivity contribution in [2.45, 2.75) is 29.5 Å². The van der Waals surface area contributed by atoms with Gasteiger partial charge in [-0.3, -0.25) is 0 Å². The van der Waals surface area contributed by atoms with Crippen LogP contribution in [-0.2, 0) is 0 Å². The van der Waals surface area contributed by atoms with Crippen molar-refractivity contribution in [3.05, 3.63) is 64.9 Å². The van der Waals surface area contributed by atoms with Gasteiger partial charge in [0.2, 0.25) is 0 Å². The Hall–Kier alpha value is -1.29. The van der Waals surface area contributed by atoms with Crippen LogP contribution >= 0.6 is 23.1 Å². The van der Waals surface area contributed by atoms with Crippen molar-refractivity contribution in [1.29, 1.82) is 0 Å². The van der Waals surface area contributed by atoms with Crippen LogP contribution in [0.3, 0.4) is 0 Å². The second-order valence-electron chi connectivity index (χ2n) is 5.18. The van der Waals surface area contributed by atoms with E-state index in [0.29, 0.717) is 5.25 Å². The summed E-state index contributed by atoms with van der Waals surface area (Å²) in [4.78, 5) is 1.29. The lowest BCUT2D eigenvalue weighted by Gasteiger charge is -2.22. The zero-order valence-corrected chi connectivity index (χ0v) is 13.7. The minimum Gasteiger partial charge on any atom is -0.326 e. The number of hydrogen-bond acceptors (Lipinski definition) is 3. The first-order valence-corrected chi connectivity index (χ1v) is 9.03. The Kier molecular flexibility index (Phi) is 4.63. The maximum absolute atomic E-state index is 6.35. The Balaban J connectivity index is 1.90. The average molecular weight is 313 g/mol. The number of nitrogens with two attached hydrogens (primary N) is 1. The first-order valence-electron chi connectivity index (χ1n) is 7.21. The van der Waals surface area contributed by atoms with E-state index in [-0.39, 0.29) is 6.04 Å². The van der Waals surface area contributed by atoms with Crippen molar-refractivity contribution >= 4 is 33.9 Å². The van der Waals surface area contributed by atoms with Gasteiger partial charge in [-0.15, -0.1) is 11.8 Å². The Morgan fingerprint density at radius 3 is 2.62 bits per heavy atom. The summed E-state index contributed by atoms with van der Waals surface area (Å²) < 4.78 is 0. The second kappa shape index (κ2) is 6.65. The molecule has 2 atom stereocenters. The van der Waals surface area contributed by atoms with Crippen molar-refractivity contribution < 1.29 is 0 Å². The van der Waals surface area contributed by atoms with Crippen molar-refractivity contribution in [2.75, 3.05) is 0 Å². The lowest BCUT2D eigenvalue weighted by molar-refractivity contribution is 0.635. The molecular formula is C18H19NS2. The number of hydrogen-bond donors (Lipinski definition) is 1. The van der Waals surface area contributed by atoms with Crippen LogP contribution in [0.1, 0.15) is 24.2 Å². The fraction of sp³-hybridized carbons (Fsp3) is 0.222. The van der Waals surface area contributed by atoms with Crippen LogP contribution < -0.4 is 5.73 Å². The molecule has 2 aromatic carbocycles. The minimum atomic E-state index is 0.177. The maximum Gasteiger partial charge on any atom is 0.0503 e. The third-order valence-electron chi connectivity index (χ3n) is 3.72. The van der Waals surface area contributed by atoms with Gasteiger partial charge in [0, 0.05) is 10.9 Å². The lowest BCUT2D eigenvalue weighted by atomic mass is 10.1. The molecule has 0 fully saturated rings. The molecule has 2 unspecified atom stereocenters. The molecule has 1 nitrogen and oxygen atoms in total. The van der Waals surface area contributed by atoms with Gasteiger partial charge in [-0.05, 0) is 51.7 Å². The van der Waals surface area contributed by atoms with E-state index in [1.165, 1.54) is 21.2 Å². The smallest absolute Gasteiger partial charge is 0.0503 e. The van der Waals surface area contributed by atoms with Crippen LogP contribution in [0.15, 0.2) is 64.2 Å². The van der Waals surface area contributed by atoms with Gasteiger partial charge in [0.1, 0.15) is 0 Å². The highest BCUT2D eigenvalue weighted by Crippen LogP contribution is 2.39. The Labute approximate surface area is 134 Å². The molecule has 0 saturated heterocycles. The van der Waals surface area contributed by atoms with E-state index in [9.17, 15) is 0 Å². The third kappa shape index (κ3) is 3.31. The summed E-state index contributed by atoms with van der Waals surface area (Å²) in [5.74, 6) is 0. The predicted octanol–water partition coefficient (Wildman–Crippen LogP) is 5.47. The lowest BCUT2D eigenvalue weighted by Crippen LogP contribution is -2.25. The molecule has 0 amide bonds. The topological polar surface area (TPSA) is 26.0 Å². The summed E-state index contributed by atoms with van der Waals surface area (Å²) in [6.07, 6.45) is 0.987. The molecule has 2 N–H and O–H groups in total. The van der Waals surface area contributed by atoms with Gasteiger partial charge >= 0.3 is 0 Å². The zero-order valence-electron chi connectivity index (χ0n) is 12.0. The SMILES string of the molecule is CCC(N)C(Sc1ccc2ccccc2c1)c1ccsc1. The van der Waals surface area contributed by atoms with Crippen molar-refractivity contribution in [3.63, 3.8) is 0 Å². The van der Waals surface area contributed by atoms with Crippen molar-refractivity contribution in [1.82, 2.24) is 0 Å². The van der Waals surface area contributed by atoms with E-state index < -0.39 is 0 Å². The van der Waals surface area contributed by atoms with E-state index in [4.69, 9.17) is 5.73 Å². The molecule has 0 aliphatic rings. The van der Waals surface area contributed by atoms with Gasteiger partial charge in [0.05, 0.1) is 5.25 Å².